The second kappa shape index (κ2) is 15.6. The van der Waals surface area contributed by atoms with E-state index in [1.54, 1.807) is 0 Å². The van der Waals surface area contributed by atoms with Crippen LogP contribution in [-0.2, 0) is 9.53 Å². The monoisotopic (exact) mass is 296 g/mol. The first-order valence-corrected chi connectivity index (χ1v) is 8.99. The van der Waals surface area contributed by atoms with E-state index in [4.69, 9.17) is 4.74 Å². The molecule has 0 fully saturated rings. The number of carbonyl (C=O) groups excluding carboxylic acids is 1. The van der Waals surface area contributed by atoms with E-state index in [2.05, 4.69) is 6.92 Å². The van der Waals surface area contributed by atoms with Gasteiger partial charge in [0.2, 0.25) is 0 Å². The van der Waals surface area contributed by atoms with Crippen molar-refractivity contribution in [3.05, 3.63) is 11.6 Å². The molecule has 0 radical (unpaired) electrons. The smallest absolute Gasteiger partial charge is 0.333 e. The average molecular weight is 296 g/mol. The summed E-state index contributed by atoms with van der Waals surface area (Å²) < 4.78 is 4.75. The SMILES string of the molecule is C/C=C(/CCCCCCCCCCCCCC)C(=O)OC. The summed E-state index contributed by atoms with van der Waals surface area (Å²) in [6.45, 7) is 4.18. The Morgan fingerprint density at radius 2 is 1.24 bits per heavy atom. The molecule has 2 heteroatoms. The molecule has 0 spiro atoms. The quantitative estimate of drug-likeness (QED) is 0.217. The standard InChI is InChI=1S/C19H36O2/c1-4-6-7-8-9-10-11-12-13-14-15-16-17-18(5-2)19(20)21-3/h5H,4,6-17H2,1-3H3/b18-5-. The van der Waals surface area contributed by atoms with Crippen molar-refractivity contribution >= 4 is 5.97 Å². The molecule has 0 rings (SSSR count). The molecule has 2 nitrogen and oxygen atoms in total. The second-order valence-corrected chi connectivity index (χ2v) is 5.94. The third-order valence-corrected chi connectivity index (χ3v) is 4.10. The first-order chi connectivity index (χ1) is 10.3. The molecule has 0 aliphatic heterocycles. The van der Waals surface area contributed by atoms with Gasteiger partial charge in [0.25, 0.3) is 0 Å². The van der Waals surface area contributed by atoms with E-state index in [0.717, 1.165) is 18.4 Å². The molecule has 0 aliphatic carbocycles. The summed E-state index contributed by atoms with van der Waals surface area (Å²) >= 11 is 0. The highest BCUT2D eigenvalue weighted by Gasteiger charge is 2.07. The minimum Gasteiger partial charge on any atom is -0.466 e. The Balaban J connectivity index is 3.27. The van der Waals surface area contributed by atoms with Crippen molar-refractivity contribution in [1.82, 2.24) is 0 Å². The highest BCUT2D eigenvalue weighted by atomic mass is 16.5. The number of carbonyl (C=O) groups is 1. The third-order valence-electron chi connectivity index (χ3n) is 4.10. The van der Waals surface area contributed by atoms with E-state index in [-0.39, 0.29) is 5.97 Å². The molecule has 124 valence electrons. The van der Waals surface area contributed by atoms with Crippen molar-refractivity contribution in [3.63, 3.8) is 0 Å². The van der Waals surface area contributed by atoms with E-state index in [0.29, 0.717) is 0 Å². The van der Waals surface area contributed by atoms with Gasteiger partial charge in [-0.05, 0) is 19.8 Å². The molecule has 0 atom stereocenters. The minimum absolute atomic E-state index is 0.166. The normalized spacial score (nSPS) is 11.7. The number of hydrogen-bond acceptors (Lipinski definition) is 2. The lowest BCUT2D eigenvalue weighted by atomic mass is 10.0. The second-order valence-electron chi connectivity index (χ2n) is 5.94. The molecule has 0 aromatic carbocycles. The Morgan fingerprint density at radius 1 is 0.810 bits per heavy atom. The first kappa shape index (κ1) is 20.2. The molecular formula is C19H36O2. The molecule has 0 N–H and O–H groups in total. The van der Waals surface area contributed by atoms with Crippen molar-refractivity contribution in [3.8, 4) is 0 Å². The van der Waals surface area contributed by atoms with E-state index >= 15 is 0 Å². The van der Waals surface area contributed by atoms with Crippen LogP contribution in [0.25, 0.3) is 0 Å². The summed E-state index contributed by atoms with van der Waals surface area (Å²) in [6.07, 6.45) is 18.9. The zero-order valence-corrected chi connectivity index (χ0v) is 14.6. The maximum Gasteiger partial charge on any atom is 0.333 e. The van der Waals surface area contributed by atoms with Crippen LogP contribution in [-0.4, -0.2) is 13.1 Å². The van der Waals surface area contributed by atoms with Crippen LogP contribution < -0.4 is 0 Å². The average Bonchev–Trinajstić information content (AvgIpc) is 2.51. The zero-order valence-electron chi connectivity index (χ0n) is 14.6. The summed E-state index contributed by atoms with van der Waals surface area (Å²) in [5.74, 6) is -0.166. The number of hydrogen-bond donors (Lipinski definition) is 0. The Hall–Kier alpha value is -0.790. The van der Waals surface area contributed by atoms with Crippen molar-refractivity contribution in [2.75, 3.05) is 7.11 Å². The minimum atomic E-state index is -0.166. The maximum atomic E-state index is 11.4. The van der Waals surface area contributed by atoms with Crippen molar-refractivity contribution in [1.29, 1.82) is 0 Å². The van der Waals surface area contributed by atoms with Crippen LogP contribution in [0.2, 0.25) is 0 Å². The van der Waals surface area contributed by atoms with Gasteiger partial charge in [0.05, 0.1) is 7.11 Å². The van der Waals surface area contributed by atoms with E-state index in [1.807, 2.05) is 13.0 Å². The molecule has 0 saturated heterocycles. The Labute approximate surface area is 132 Å². The van der Waals surface area contributed by atoms with E-state index in [1.165, 1.54) is 77.7 Å². The van der Waals surface area contributed by atoms with Gasteiger partial charge in [0.15, 0.2) is 0 Å². The molecule has 0 heterocycles. The summed E-state index contributed by atoms with van der Waals surface area (Å²) in [6, 6.07) is 0. The number of unbranched alkanes of at least 4 members (excludes halogenated alkanes) is 11. The highest BCUT2D eigenvalue weighted by molar-refractivity contribution is 5.88. The van der Waals surface area contributed by atoms with Gasteiger partial charge < -0.3 is 4.74 Å². The number of ether oxygens (including phenoxy) is 1. The summed E-state index contributed by atoms with van der Waals surface area (Å²) in [5.41, 5.74) is 0.824. The van der Waals surface area contributed by atoms with Crippen LogP contribution >= 0.6 is 0 Å². The summed E-state index contributed by atoms with van der Waals surface area (Å²) in [7, 11) is 1.45. The molecule has 0 aromatic heterocycles. The maximum absolute atomic E-state index is 11.4. The summed E-state index contributed by atoms with van der Waals surface area (Å²) in [5, 5.41) is 0. The van der Waals surface area contributed by atoms with Gasteiger partial charge in [-0.1, -0.05) is 83.6 Å². The van der Waals surface area contributed by atoms with Crippen molar-refractivity contribution in [2.45, 2.75) is 97.3 Å². The van der Waals surface area contributed by atoms with E-state index in [9.17, 15) is 4.79 Å². The number of esters is 1. The summed E-state index contributed by atoms with van der Waals surface area (Å²) in [4.78, 5) is 11.4. The van der Waals surface area contributed by atoms with Crippen LogP contribution in [0.4, 0.5) is 0 Å². The zero-order chi connectivity index (χ0) is 15.8. The van der Waals surface area contributed by atoms with Gasteiger partial charge in [-0.3, -0.25) is 0 Å². The van der Waals surface area contributed by atoms with Gasteiger partial charge >= 0.3 is 5.97 Å². The Kier molecular flexibility index (Phi) is 15.0. The fourth-order valence-electron chi connectivity index (χ4n) is 2.65. The van der Waals surface area contributed by atoms with Gasteiger partial charge in [-0.15, -0.1) is 0 Å². The molecule has 0 saturated carbocycles. The third kappa shape index (κ3) is 12.6. The fourth-order valence-corrected chi connectivity index (χ4v) is 2.65. The van der Waals surface area contributed by atoms with Crippen molar-refractivity contribution in [2.24, 2.45) is 0 Å². The lowest BCUT2D eigenvalue weighted by Gasteiger charge is -2.05. The van der Waals surface area contributed by atoms with Crippen LogP contribution in [0, 0.1) is 0 Å². The predicted molar refractivity (Wildman–Crippen MR) is 91.5 cm³/mol. The lowest BCUT2D eigenvalue weighted by molar-refractivity contribution is -0.136. The highest BCUT2D eigenvalue weighted by Crippen LogP contribution is 2.14. The molecule has 0 aromatic rings. The van der Waals surface area contributed by atoms with Crippen LogP contribution in [0.1, 0.15) is 97.3 Å². The topological polar surface area (TPSA) is 26.3 Å². The van der Waals surface area contributed by atoms with Gasteiger partial charge in [-0.25, -0.2) is 4.79 Å². The molecule has 21 heavy (non-hydrogen) atoms. The molecule has 0 bridgehead atoms. The molecule has 0 unspecified atom stereocenters. The van der Waals surface area contributed by atoms with Gasteiger partial charge in [0, 0.05) is 5.57 Å². The largest absolute Gasteiger partial charge is 0.466 e. The van der Waals surface area contributed by atoms with Crippen LogP contribution in [0.15, 0.2) is 11.6 Å². The Bertz CT molecular complexity index is 269. The van der Waals surface area contributed by atoms with Gasteiger partial charge in [-0.2, -0.15) is 0 Å². The van der Waals surface area contributed by atoms with E-state index < -0.39 is 0 Å². The first-order valence-electron chi connectivity index (χ1n) is 8.99. The number of methoxy groups -OCH3 is 1. The lowest BCUT2D eigenvalue weighted by Crippen LogP contribution is -2.04. The van der Waals surface area contributed by atoms with Crippen molar-refractivity contribution < 1.29 is 9.53 Å². The van der Waals surface area contributed by atoms with Gasteiger partial charge in [0.1, 0.15) is 0 Å². The molecular weight excluding hydrogens is 260 g/mol. The number of allylic oxidation sites excluding steroid dienone is 1. The van der Waals surface area contributed by atoms with Crippen LogP contribution in [0.3, 0.4) is 0 Å². The number of rotatable bonds is 14. The molecule has 0 amide bonds. The molecule has 0 aliphatic rings. The van der Waals surface area contributed by atoms with Crippen LogP contribution in [0.5, 0.6) is 0 Å². The predicted octanol–water partition coefficient (Wildman–Crippen LogP) is 6.20. The fraction of sp³-hybridized carbons (Fsp3) is 0.842. The Morgan fingerprint density at radius 3 is 1.62 bits per heavy atom.